The zero-order chi connectivity index (χ0) is 15.9. The molecule has 0 spiro atoms. The van der Waals surface area contributed by atoms with Gasteiger partial charge in [0.05, 0.1) is 23.5 Å². The summed E-state index contributed by atoms with van der Waals surface area (Å²) in [5.41, 5.74) is 1.13. The molecule has 0 radical (unpaired) electrons. The number of nitrogens with one attached hydrogen (secondary N) is 2. The molecule has 0 aliphatic carbocycles. The molecule has 0 amide bonds. The Kier molecular flexibility index (Phi) is 3.97. The average molecular weight is 312 g/mol. The van der Waals surface area contributed by atoms with Crippen molar-refractivity contribution in [3.05, 3.63) is 24.3 Å². The normalized spacial score (nSPS) is 23.8. The topological polar surface area (TPSA) is 67.4 Å². The van der Waals surface area contributed by atoms with Crippen LogP contribution < -0.4 is 10.0 Å². The van der Waals surface area contributed by atoms with Gasteiger partial charge >= 0.3 is 0 Å². The molecular formula is C15H24N2O3S. The summed E-state index contributed by atoms with van der Waals surface area (Å²) in [6.45, 7) is 8.35. The highest BCUT2D eigenvalue weighted by atomic mass is 32.2. The second-order valence-electron chi connectivity index (χ2n) is 6.82. The number of hydrogen-bond acceptors (Lipinski definition) is 4. The van der Waals surface area contributed by atoms with Gasteiger partial charge in [-0.1, -0.05) is 0 Å². The molecule has 0 bridgehead atoms. The van der Waals surface area contributed by atoms with Crippen molar-refractivity contribution in [1.29, 1.82) is 0 Å². The first-order chi connectivity index (χ1) is 9.47. The third kappa shape index (κ3) is 4.35. The number of ether oxygens (including phenoxy) is 1. The summed E-state index contributed by atoms with van der Waals surface area (Å²) < 4.78 is 30.9. The molecule has 5 nitrogen and oxygen atoms in total. The van der Waals surface area contributed by atoms with Crippen molar-refractivity contribution in [3.63, 3.8) is 0 Å². The molecule has 1 aliphatic heterocycles. The zero-order valence-corrected chi connectivity index (χ0v) is 14.0. The summed E-state index contributed by atoms with van der Waals surface area (Å²) in [6, 6.07) is 7.44. The van der Waals surface area contributed by atoms with Crippen LogP contribution in [0.15, 0.2) is 24.3 Å². The molecule has 1 unspecified atom stereocenters. The Bertz CT molecular complexity index is 606. The Labute approximate surface area is 127 Å². The van der Waals surface area contributed by atoms with Gasteiger partial charge in [0.25, 0.3) is 0 Å². The van der Waals surface area contributed by atoms with Crippen LogP contribution in [0.5, 0.6) is 0 Å². The molecule has 1 fully saturated rings. The second-order valence-corrected chi connectivity index (χ2v) is 8.57. The van der Waals surface area contributed by atoms with Crippen molar-refractivity contribution in [2.45, 2.75) is 51.4 Å². The van der Waals surface area contributed by atoms with Gasteiger partial charge in [-0.2, -0.15) is 0 Å². The van der Waals surface area contributed by atoms with Crippen LogP contribution in [0.1, 0.15) is 34.1 Å². The van der Waals surface area contributed by atoms with Crippen molar-refractivity contribution in [2.24, 2.45) is 0 Å². The molecule has 1 atom stereocenters. The number of anilines is 2. The van der Waals surface area contributed by atoms with Gasteiger partial charge in [-0.15, -0.1) is 0 Å². The lowest BCUT2D eigenvalue weighted by molar-refractivity contribution is -0.0662. The monoisotopic (exact) mass is 312 g/mol. The minimum Gasteiger partial charge on any atom is -0.379 e. The SMILES string of the molecule is CC1(C)CC(Nc2ccc(NS(C)(=O)=O)cc2)C(C)(C)O1. The highest BCUT2D eigenvalue weighted by molar-refractivity contribution is 7.92. The standard InChI is InChI=1S/C15H24N2O3S/c1-14(2)10-13(15(3,4)20-14)16-11-6-8-12(9-7-11)17-21(5,18)19/h6-9,13,16-17H,10H2,1-5H3. The first kappa shape index (κ1) is 16.1. The molecule has 118 valence electrons. The lowest BCUT2D eigenvalue weighted by atomic mass is 9.94. The van der Waals surface area contributed by atoms with Crippen molar-refractivity contribution in [3.8, 4) is 0 Å². The van der Waals surface area contributed by atoms with Gasteiger partial charge in [-0.25, -0.2) is 8.42 Å². The molecule has 1 saturated heterocycles. The lowest BCUT2D eigenvalue weighted by Crippen LogP contribution is -2.38. The largest absolute Gasteiger partial charge is 0.379 e. The van der Waals surface area contributed by atoms with Gasteiger partial charge in [-0.05, 0) is 58.4 Å². The van der Waals surface area contributed by atoms with Crippen LogP contribution in [0.4, 0.5) is 11.4 Å². The van der Waals surface area contributed by atoms with Gasteiger partial charge in [0.15, 0.2) is 0 Å². The highest BCUT2D eigenvalue weighted by Gasteiger charge is 2.45. The van der Waals surface area contributed by atoms with Crippen molar-refractivity contribution in [2.75, 3.05) is 16.3 Å². The zero-order valence-electron chi connectivity index (χ0n) is 13.2. The van der Waals surface area contributed by atoms with Crippen LogP contribution >= 0.6 is 0 Å². The minimum absolute atomic E-state index is 0.140. The van der Waals surface area contributed by atoms with E-state index in [2.05, 4.69) is 37.7 Å². The van der Waals surface area contributed by atoms with Gasteiger partial charge in [0, 0.05) is 11.4 Å². The summed E-state index contributed by atoms with van der Waals surface area (Å²) in [5, 5.41) is 3.47. The second kappa shape index (κ2) is 5.18. The molecule has 1 aromatic rings. The fraction of sp³-hybridized carbons (Fsp3) is 0.600. The third-order valence-corrected chi connectivity index (χ3v) is 4.21. The van der Waals surface area contributed by atoms with E-state index in [0.717, 1.165) is 18.4 Å². The number of rotatable bonds is 4. The van der Waals surface area contributed by atoms with Gasteiger partial charge in [0.2, 0.25) is 10.0 Å². The molecular weight excluding hydrogens is 288 g/mol. The number of sulfonamides is 1. The molecule has 6 heteroatoms. The van der Waals surface area contributed by atoms with Gasteiger partial charge < -0.3 is 10.1 Å². The molecule has 0 aromatic heterocycles. The van der Waals surface area contributed by atoms with Crippen LogP contribution in [0.25, 0.3) is 0 Å². The van der Waals surface area contributed by atoms with Crippen LogP contribution in [-0.2, 0) is 14.8 Å². The predicted molar refractivity (Wildman–Crippen MR) is 86.2 cm³/mol. The van der Waals surface area contributed by atoms with E-state index >= 15 is 0 Å². The smallest absolute Gasteiger partial charge is 0.229 e. The van der Waals surface area contributed by atoms with E-state index in [0.29, 0.717) is 5.69 Å². The highest BCUT2D eigenvalue weighted by Crippen LogP contribution is 2.38. The predicted octanol–water partition coefficient (Wildman–Crippen LogP) is 2.82. The maximum atomic E-state index is 11.2. The van der Waals surface area contributed by atoms with E-state index < -0.39 is 10.0 Å². The van der Waals surface area contributed by atoms with Crippen LogP contribution in [0, 0.1) is 0 Å². The van der Waals surface area contributed by atoms with Crippen LogP contribution in [0.3, 0.4) is 0 Å². The number of hydrogen-bond donors (Lipinski definition) is 2. The van der Waals surface area contributed by atoms with E-state index in [-0.39, 0.29) is 17.2 Å². The Balaban J connectivity index is 2.07. The maximum absolute atomic E-state index is 11.2. The van der Waals surface area contributed by atoms with Crippen molar-refractivity contribution >= 4 is 21.4 Å². The van der Waals surface area contributed by atoms with Crippen molar-refractivity contribution < 1.29 is 13.2 Å². The summed E-state index contributed by atoms with van der Waals surface area (Å²) in [4.78, 5) is 0. The first-order valence-corrected chi connectivity index (χ1v) is 8.91. The summed E-state index contributed by atoms with van der Waals surface area (Å²) in [5.74, 6) is 0. The van der Waals surface area contributed by atoms with E-state index in [1.54, 1.807) is 12.1 Å². The Morgan fingerprint density at radius 2 is 1.62 bits per heavy atom. The molecule has 1 heterocycles. The Morgan fingerprint density at radius 3 is 2.05 bits per heavy atom. The fourth-order valence-corrected chi connectivity index (χ4v) is 3.40. The Morgan fingerprint density at radius 1 is 1.10 bits per heavy atom. The molecule has 21 heavy (non-hydrogen) atoms. The molecule has 0 saturated carbocycles. The number of benzene rings is 1. The van der Waals surface area contributed by atoms with E-state index in [4.69, 9.17) is 4.74 Å². The van der Waals surface area contributed by atoms with Crippen LogP contribution in [0.2, 0.25) is 0 Å². The first-order valence-electron chi connectivity index (χ1n) is 7.01. The third-order valence-electron chi connectivity index (χ3n) is 3.60. The molecule has 1 aliphatic rings. The summed E-state index contributed by atoms with van der Waals surface area (Å²) in [6.07, 6.45) is 2.06. The molecule has 1 aromatic carbocycles. The van der Waals surface area contributed by atoms with Crippen LogP contribution in [-0.4, -0.2) is 31.9 Å². The average Bonchev–Trinajstić information content (AvgIpc) is 2.47. The van der Waals surface area contributed by atoms with Crippen molar-refractivity contribution in [1.82, 2.24) is 0 Å². The van der Waals surface area contributed by atoms with E-state index in [1.165, 1.54) is 0 Å². The molecule has 2 rings (SSSR count). The fourth-order valence-electron chi connectivity index (χ4n) is 2.84. The van der Waals surface area contributed by atoms with E-state index in [1.807, 2.05) is 12.1 Å². The quantitative estimate of drug-likeness (QED) is 0.897. The van der Waals surface area contributed by atoms with Gasteiger partial charge in [-0.3, -0.25) is 4.72 Å². The Hall–Kier alpha value is -1.27. The lowest BCUT2D eigenvalue weighted by Gasteiger charge is -2.28. The van der Waals surface area contributed by atoms with E-state index in [9.17, 15) is 8.42 Å². The molecule has 2 N–H and O–H groups in total. The van der Waals surface area contributed by atoms with Gasteiger partial charge in [0.1, 0.15) is 0 Å². The summed E-state index contributed by atoms with van der Waals surface area (Å²) >= 11 is 0. The minimum atomic E-state index is -3.24. The summed E-state index contributed by atoms with van der Waals surface area (Å²) in [7, 11) is -3.24. The maximum Gasteiger partial charge on any atom is 0.229 e.